The van der Waals surface area contributed by atoms with Gasteiger partial charge in [-0.25, -0.2) is 0 Å². The number of hydrogen-bond acceptors (Lipinski definition) is 2. The summed E-state index contributed by atoms with van der Waals surface area (Å²) in [6.45, 7) is 4.97. The van der Waals surface area contributed by atoms with Crippen LogP contribution < -0.4 is 0 Å². The summed E-state index contributed by atoms with van der Waals surface area (Å²) in [5.41, 5.74) is 0. The zero-order valence-corrected chi connectivity index (χ0v) is 8.96. The third kappa shape index (κ3) is 4.70. The smallest absolute Gasteiger partial charge is 0.129 e. The fraction of sp³-hybridized carbons (Fsp3) is 1.00. The van der Waals surface area contributed by atoms with E-state index in [1.165, 1.54) is 0 Å². The third-order valence-electron chi connectivity index (χ3n) is 2.24. The molecule has 74 valence electrons. The predicted molar refractivity (Wildman–Crippen MR) is 50.2 cm³/mol. The van der Waals surface area contributed by atoms with Crippen molar-refractivity contribution in [3.05, 3.63) is 0 Å². The highest BCUT2D eigenvalue weighted by Crippen LogP contribution is 2.01. The first kappa shape index (κ1) is 11.9. The fourth-order valence-corrected chi connectivity index (χ4v) is 1.06. The van der Waals surface area contributed by atoms with E-state index in [1.807, 2.05) is 0 Å². The quantitative estimate of drug-likeness (QED) is 0.556. The van der Waals surface area contributed by atoms with E-state index in [0.717, 1.165) is 17.6 Å². The van der Waals surface area contributed by atoms with Crippen molar-refractivity contribution >= 4 is 0 Å². The molecule has 0 N–H and O–H groups in total. The van der Waals surface area contributed by atoms with Crippen LogP contribution in [0.4, 0.5) is 0 Å². The first-order chi connectivity index (χ1) is 5.55. The minimum Gasteiger partial charge on any atom is -0.382 e. The highest BCUT2D eigenvalue weighted by molar-refractivity contribution is 4.53. The average Bonchev–Trinajstić information content (AvgIpc) is 2.03. The molecular weight excluding hydrogens is 154 g/mol. The van der Waals surface area contributed by atoms with E-state index >= 15 is 0 Å². The van der Waals surface area contributed by atoms with Gasteiger partial charge in [0.05, 0.1) is 27.2 Å². The van der Waals surface area contributed by atoms with Crippen LogP contribution in [0, 0.1) is 0 Å². The Morgan fingerprint density at radius 3 is 2.17 bits per heavy atom. The Bertz CT molecular complexity index is 115. The molecule has 0 aliphatic carbocycles. The minimum atomic E-state index is 0.213. The van der Waals surface area contributed by atoms with Gasteiger partial charge in [-0.2, -0.15) is 0 Å². The molecule has 0 aromatic rings. The molecule has 0 heterocycles. The summed E-state index contributed by atoms with van der Waals surface area (Å²) in [5, 5.41) is 0. The second-order valence-electron chi connectivity index (χ2n) is 3.75. The molecule has 3 nitrogen and oxygen atoms in total. The molecule has 3 heteroatoms. The molecule has 0 spiro atoms. The highest BCUT2D eigenvalue weighted by Gasteiger charge is 2.19. The van der Waals surface area contributed by atoms with Crippen molar-refractivity contribution in [3.63, 3.8) is 0 Å². The van der Waals surface area contributed by atoms with Crippen LogP contribution in [-0.2, 0) is 9.47 Å². The Labute approximate surface area is 75.9 Å². The number of nitrogens with zero attached hydrogens (tertiary/aromatic N) is 1. The molecule has 1 atom stereocenters. The van der Waals surface area contributed by atoms with Gasteiger partial charge in [-0.15, -0.1) is 0 Å². The Morgan fingerprint density at radius 2 is 1.83 bits per heavy atom. The van der Waals surface area contributed by atoms with Crippen molar-refractivity contribution in [2.24, 2.45) is 0 Å². The molecule has 0 saturated heterocycles. The van der Waals surface area contributed by atoms with Gasteiger partial charge in [0, 0.05) is 14.2 Å². The van der Waals surface area contributed by atoms with Crippen LogP contribution >= 0.6 is 0 Å². The van der Waals surface area contributed by atoms with Gasteiger partial charge in [0.15, 0.2) is 0 Å². The van der Waals surface area contributed by atoms with Crippen LogP contribution in [0.5, 0.6) is 0 Å². The molecule has 0 amide bonds. The maximum Gasteiger partial charge on any atom is 0.129 e. The van der Waals surface area contributed by atoms with Gasteiger partial charge in [0.2, 0.25) is 0 Å². The molecule has 0 aliphatic rings. The average molecular weight is 176 g/mol. The lowest BCUT2D eigenvalue weighted by molar-refractivity contribution is -0.891. The van der Waals surface area contributed by atoms with Crippen LogP contribution in [-0.4, -0.2) is 58.6 Å². The van der Waals surface area contributed by atoms with Crippen molar-refractivity contribution < 1.29 is 14.0 Å². The van der Waals surface area contributed by atoms with Gasteiger partial charge in [0.25, 0.3) is 0 Å². The fourth-order valence-electron chi connectivity index (χ4n) is 1.06. The monoisotopic (exact) mass is 176 g/mol. The first-order valence-electron chi connectivity index (χ1n) is 4.39. The molecule has 0 aromatic carbocycles. The normalized spacial score (nSPS) is 14.8. The van der Waals surface area contributed by atoms with Crippen molar-refractivity contribution in [2.45, 2.75) is 13.0 Å². The molecule has 0 rings (SSSR count). The Morgan fingerprint density at radius 1 is 1.25 bits per heavy atom. The summed E-state index contributed by atoms with van der Waals surface area (Å²) < 4.78 is 11.3. The summed E-state index contributed by atoms with van der Waals surface area (Å²) in [5.74, 6) is 0. The van der Waals surface area contributed by atoms with Gasteiger partial charge in [0.1, 0.15) is 12.6 Å². The van der Waals surface area contributed by atoms with Crippen LogP contribution in [0.15, 0.2) is 0 Å². The van der Waals surface area contributed by atoms with Crippen molar-refractivity contribution in [1.29, 1.82) is 0 Å². The molecule has 0 aliphatic heterocycles. The summed E-state index contributed by atoms with van der Waals surface area (Å²) in [6, 6.07) is 0. The number of ether oxygens (including phenoxy) is 2. The van der Waals surface area contributed by atoms with Crippen molar-refractivity contribution in [2.75, 3.05) is 48.0 Å². The van der Waals surface area contributed by atoms with Crippen LogP contribution in [0.2, 0.25) is 0 Å². The van der Waals surface area contributed by atoms with E-state index in [2.05, 4.69) is 21.0 Å². The standard InChI is InChI=1S/C9H22NO2/c1-6-10(2,3)7-9(12-5)8-11-4/h9H,6-8H2,1-5H3/q+1. The second-order valence-corrected chi connectivity index (χ2v) is 3.75. The molecule has 0 fully saturated rings. The number of rotatable bonds is 6. The minimum absolute atomic E-state index is 0.213. The molecule has 1 unspecified atom stereocenters. The topological polar surface area (TPSA) is 18.5 Å². The predicted octanol–water partition coefficient (Wildman–Crippen LogP) is 0.744. The largest absolute Gasteiger partial charge is 0.382 e. The lowest BCUT2D eigenvalue weighted by atomic mass is 10.3. The number of hydrogen-bond donors (Lipinski definition) is 0. The van der Waals surface area contributed by atoms with Crippen molar-refractivity contribution in [1.82, 2.24) is 0 Å². The SMILES string of the molecule is CC[N+](C)(C)CC(COC)OC. The number of quaternary nitrogens is 1. The van der Waals surface area contributed by atoms with Crippen molar-refractivity contribution in [3.8, 4) is 0 Å². The van der Waals surface area contributed by atoms with E-state index in [9.17, 15) is 0 Å². The van der Waals surface area contributed by atoms with Gasteiger partial charge in [-0.05, 0) is 6.92 Å². The van der Waals surface area contributed by atoms with Crippen LogP contribution in [0.25, 0.3) is 0 Å². The lowest BCUT2D eigenvalue weighted by Crippen LogP contribution is -2.46. The zero-order valence-electron chi connectivity index (χ0n) is 8.96. The second kappa shape index (κ2) is 5.51. The number of methoxy groups -OCH3 is 2. The Balaban J connectivity index is 3.83. The maximum absolute atomic E-state index is 5.29. The van der Waals surface area contributed by atoms with Gasteiger partial charge in [-0.1, -0.05) is 0 Å². The molecule has 0 radical (unpaired) electrons. The Hall–Kier alpha value is -0.120. The van der Waals surface area contributed by atoms with Gasteiger partial charge >= 0.3 is 0 Å². The van der Waals surface area contributed by atoms with E-state index in [4.69, 9.17) is 9.47 Å². The molecule has 12 heavy (non-hydrogen) atoms. The molecular formula is C9H22NO2+. The third-order valence-corrected chi connectivity index (χ3v) is 2.24. The summed E-state index contributed by atoms with van der Waals surface area (Å²) in [7, 11) is 7.83. The van der Waals surface area contributed by atoms with E-state index in [-0.39, 0.29) is 6.10 Å². The van der Waals surface area contributed by atoms with Crippen LogP contribution in [0.1, 0.15) is 6.92 Å². The number of likely N-dealkylation sites (N-methyl/N-ethyl adjacent to an activating group) is 1. The van der Waals surface area contributed by atoms with E-state index in [1.54, 1.807) is 14.2 Å². The van der Waals surface area contributed by atoms with Gasteiger partial charge in [-0.3, -0.25) is 0 Å². The van der Waals surface area contributed by atoms with Gasteiger partial charge < -0.3 is 14.0 Å². The Kier molecular flexibility index (Phi) is 5.46. The summed E-state index contributed by atoms with van der Waals surface area (Å²) in [6.07, 6.45) is 0.213. The molecule has 0 bridgehead atoms. The first-order valence-corrected chi connectivity index (χ1v) is 4.39. The van der Waals surface area contributed by atoms with E-state index in [0.29, 0.717) is 6.61 Å². The highest BCUT2D eigenvalue weighted by atomic mass is 16.5. The maximum atomic E-state index is 5.29. The lowest BCUT2D eigenvalue weighted by Gasteiger charge is -2.31. The van der Waals surface area contributed by atoms with Crippen LogP contribution in [0.3, 0.4) is 0 Å². The zero-order chi connectivity index (χ0) is 9.61. The summed E-state index contributed by atoms with van der Waals surface area (Å²) >= 11 is 0. The molecule has 0 saturated carbocycles. The van der Waals surface area contributed by atoms with E-state index < -0.39 is 0 Å². The molecule has 0 aromatic heterocycles. The summed E-state index contributed by atoms with van der Waals surface area (Å²) in [4.78, 5) is 0.